The van der Waals surface area contributed by atoms with Gasteiger partial charge in [-0.2, -0.15) is 8.42 Å². The molecule has 0 radical (unpaired) electrons. The molecule has 4 aromatic carbocycles. The Kier molecular flexibility index (Phi) is 7.34. The number of hydrogen-bond acceptors (Lipinski definition) is 5. The van der Waals surface area contributed by atoms with Crippen LogP contribution in [0, 0.1) is 0 Å². The number of anilines is 1. The molecule has 0 bridgehead atoms. The Morgan fingerprint density at radius 1 is 0.854 bits per heavy atom. The first kappa shape index (κ1) is 26.8. The van der Waals surface area contributed by atoms with E-state index in [0.717, 1.165) is 44.8 Å². The summed E-state index contributed by atoms with van der Waals surface area (Å²) in [6, 6.07) is 32.6. The average Bonchev–Trinajstić information content (AvgIpc) is 3.51. The SMILES string of the molecule is C=C[n+]1c(CC2Oc3ccc(-c4ccccc4)cc3N2CCCCS(=O)(=O)O)oc2ccc(-c3ccccc3)cc21. The zero-order valence-corrected chi connectivity index (χ0v) is 23.3. The van der Waals surface area contributed by atoms with Crippen molar-refractivity contribution in [1.82, 2.24) is 0 Å². The molecule has 0 amide bonds. The Morgan fingerprint density at radius 2 is 1.51 bits per heavy atom. The van der Waals surface area contributed by atoms with Crippen LogP contribution in [0.3, 0.4) is 0 Å². The summed E-state index contributed by atoms with van der Waals surface area (Å²) in [7, 11) is -4.01. The molecular formula is C33H31N2O5S+. The molecule has 8 heteroatoms. The predicted octanol–water partition coefficient (Wildman–Crippen LogP) is 6.59. The van der Waals surface area contributed by atoms with E-state index < -0.39 is 10.1 Å². The van der Waals surface area contributed by atoms with Gasteiger partial charge in [0.25, 0.3) is 15.6 Å². The molecule has 2 heterocycles. The van der Waals surface area contributed by atoms with E-state index >= 15 is 0 Å². The highest BCUT2D eigenvalue weighted by Gasteiger charge is 2.35. The molecule has 5 aromatic rings. The molecular weight excluding hydrogens is 536 g/mol. The van der Waals surface area contributed by atoms with Crippen molar-refractivity contribution in [2.45, 2.75) is 25.5 Å². The molecule has 0 saturated heterocycles. The second-order valence-electron chi connectivity index (χ2n) is 10.1. The van der Waals surface area contributed by atoms with Gasteiger partial charge < -0.3 is 14.1 Å². The molecule has 0 saturated carbocycles. The zero-order chi connectivity index (χ0) is 28.4. The Labute approximate surface area is 239 Å². The summed E-state index contributed by atoms with van der Waals surface area (Å²) < 4.78 is 46.5. The Balaban J connectivity index is 1.32. The van der Waals surface area contributed by atoms with Gasteiger partial charge in [0.1, 0.15) is 12.2 Å². The summed E-state index contributed by atoms with van der Waals surface area (Å²) in [6.07, 6.45) is 2.73. The minimum Gasteiger partial charge on any atom is -0.468 e. The Hall–Kier alpha value is -4.40. The number of unbranched alkanes of at least 4 members (excludes halogenated alkanes) is 1. The van der Waals surface area contributed by atoms with Gasteiger partial charge in [0.15, 0.2) is 12.4 Å². The van der Waals surface area contributed by atoms with Gasteiger partial charge in [-0.05, 0) is 59.9 Å². The minimum absolute atomic E-state index is 0.271. The normalized spacial score (nSPS) is 14.7. The van der Waals surface area contributed by atoms with Crippen LogP contribution in [0.4, 0.5) is 5.69 Å². The monoisotopic (exact) mass is 567 g/mol. The first-order valence-electron chi connectivity index (χ1n) is 13.6. The quantitative estimate of drug-likeness (QED) is 0.116. The van der Waals surface area contributed by atoms with Gasteiger partial charge in [-0.3, -0.25) is 4.55 Å². The van der Waals surface area contributed by atoms with Gasteiger partial charge in [-0.15, -0.1) is 4.57 Å². The van der Waals surface area contributed by atoms with Crippen molar-refractivity contribution in [1.29, 1.82) is 0 Å². The van der Waals surface area contributed by atoms with Gasteiger partial charge in [-0.25, -0.2) is 0 Å². The topological polar surface area (TPSA) is 83.9 Å². The summed E-state index contributed by atoms with van der Waals surface area (Å²) >= 11 is 0. The van der Waals surface area contributed by atoms with Crippen molar-refractivity contribution in [2.75, 3.05) is 17.2 Å². The smallest absolute Gasteiger partial charge is 0.359 e. The zero-order valence-electron chi connectivity index (χ0n) is 22.5. The van der Waals surface area contributed by atoms with E-state index in [0.29, 0.717) is 31.7 Å². The number of aromatic nitrogens is 1. The van der Waals surface area contributed by atoms with Gasteiger partial charge in [0.05, 0.1) is 11.4 Å². The number of fused-ring (bicyclic) bond motifs is 2. The fourth-order valence-electron chi connectivity index (χ4n) is 5.40. The molecule has 0 spiro atoms. The summed E-state index contributed by atoms with van der Waals surface area (Å²) in [5, 5.41) is 0. The number of hydrogen-bond donors (Lipinski definition) is 1. The molecule has 1 aromatic heterocycles. The van der Waals surface area contributed by atoms with Crippen molar-refractivity contribution in [3.05, 3.63) is 110 Å². The maximum Gasteiger partial charge on any atom is 0.359 e. The largest absolute Gasteiger partial charge is 0.468 e. The van der Waals surface area contributed by atoms with Gasteiger partial charge in [0, 0.05) is 12.6 Å². The second-order valence-corrected chi connectivity index (χ2v) is 11.7. The molecule has 208 valence electrons. The van der Waals surface area contributed by atoms with Crippen molar-refractivity contribution in [3.8, 4) is 28.0 Å². The first-order chi connectivity index (χ1) is 19.9. The van der Waals surface area contributed by atoms with E-state index in [4.69, 9.17) is 9.15 Å². The van der Waals surface area contributed by atoms with Crippen LogP contribution in [0.1, 0.15) is 18.7 Å². The fraction of sp³-hybridized carbons (Fsp3) is 0.182. The van der Waals surface area contributed by atoms with Crippen LogP contribution in [-0.2, 0) is 16.5 Å². The molecule has 7 nitrogen and oxygen atoms in total. The second kappa shape index (κ2) is 11.2. The average molecular weight is 568 g/mol. The molecule has 0 aliphatic carbocycles. The molecule has 1 unspecified atom stereocenters. The van der Waals surface area contributed by atoms with Crippen LogP contribution in [0.15, 0.2) is 108 Å². The van der Waals surface area contributed by atoms with Crippen molar-refractivity contribution < 1.29 is 26.7 Å². The minimum atomic E-state index is -4.01. The van der Waals surface area contributed by atoms with Crippen LogP contribution < -0.4 is 14.2 Å². The van der Waals surface area contributed by atoms with E-state index in [9.17, 15) is 13.0 Å². The predicted molar refractivity (Wildman–Crippen MR) is 161 cm³/mol. The Morgan fingerprint density at radius 3 is 2.17 bits per heavy atom. The molecule has 1 atom stereocenters. The maximum atomic E-state index is 11.3. The highest BCUT2D eigenvalue weighted by Crippen LogP contribution is 2.41. The van der Waals surface area contributed by atoms with E-state index in [1.54, 1.807) is 6.20 Å². The fourth-order valence-corrected chi connectivity index (χ4v) is 5.97. The Bertz CT molecular complexity index is 1800. The summed E-state index contributed by atoms with van der Waals surface area (Å²) in [5.41, 5.74) is 6.97. The third-order valence-corrected chi connectivity index (χ3v) is 8.20. The lowest BCUT2D eigenvalue weighted by atomic mass is 10.0. The lowest BCUT2D eigenvalue weighted by Crippen LogP contribution is -2.41. The molecule has 6 rings (SSSR count). The van der Waals surface area contributed by atoms with E-state index in [1.807, 2.05) is 65.2 Å². The van der Waals surface area contributed by atoms with Gasteiger partial charge in [0.2, 0.25) is 5.58 Å². The van der Waals surface area contributed by atoms with Crippen LogP contribution in [-0.4, -0.2) is 31.5 Å². The molecule has 1 aliphatic rings. The van der Waals surface area contributed by atoms with Crippen molar-refractivity contribution in [2.24, 2.45) is 0 Å². The number of ether oxygens (including phenoxy) is 1. The summed E-state index contributed by atoms with van der Waals surface area (Å²) in [5.74, 6) is 1.19. The van der Waals surface area contributed by atoms with Crippen LogP contribution in [0.25, 0.3) is 39.6 Å². The number of oxazole rings is 1. The van der Waals surface area contributed by atoms with E-state index in [2.05, 4.69) is 47.9 Å². The molecule has 0 fully saturated rings. The molecule has 1 N–H and O–H groups in total. The third-order valence-electron chi connectivity index (χ3n) is 7.39. The lowest BCUT2D eigenvalue weighted by molar-refractivity contribution is -0.556. The number of benzene rings is 4. The molecule has 41 heavy (non-hydrogen) atoms. The van der Waals surface area contributed by atoms with Crippen LogP contribution in [0.2, 0.25) is 0 Å². The van der Waals surface area contributed by atoms with Crippen LogP contribution in [0.5, 0.6) is 5.75 Å². The first-order valence-corrected chi connectivity index (χ1v) is 15.2. The summed E-state index contributed by atoms with van der Waals surface area (Å²) in [6.45, 7) is 4.60. The number of nitrogens with zero attached hydrogens (tertiary/aromatic N) is 2. The maximum absolute atomic E-state index is 11.3. The lowest BCUT2D eigenvalue weighted by Gasteiger charge is -2.24. The van der Waals surface area contributed by atoms with Crippen LogP contribution >= 0.6 is 0 Å². The number of rotatable bonds is 10. The van der Waals surface area contributed by atoms with E-state index in [1.165, 1.54) is 0 Å². The standard InChI is InChI=1S/C33H30N2O5S/c1-2-34-28-21-26(24-11-5-3-6-12-24)15-17-30(28)39-32(34)23-33-35(19-9-10-20-41(36,37)38)29-22-27(16-18-31(29)40-33)25-13-7-4-8-14-25/h2-8,11-18,21-22,33H,1,9-10,19-20,23H2/p+1. The summed E-state index contributed by atoms with van der Waals surface area (Å²) in [4.78, 5) is 2.15. The van der Waals surface area contributed by atoms with Gasteiger partial charge in [-0.1, -0.05) is 72.8 Å². The van der Waals surface area contributed by atoms with E-state index in [-0.39, 0.29) is 12.0 Å². The van der Waals surface area contributed by atoms with Gasteiger partial charge >= 0.3 is 5.89 Å². The molecule has 1 aliphatic heterocycles. The van der Waals surface area contributed by atoms with Crippen molar-refractivity contribution in [3.63, 3.8) is 0 Å². The van der Waals surface area contributed by atoms with Crippen molar-refractivity contribution >= 4 is 33.1 Å². The highest BCUT2D eigenvalue weighted by molar-refractivity contribution is 7.85. The highest BCUT2D eigenvalue weighted by atomic mass is 32.2. The third kappa shape index (κ3) is 5.75.